The molecule has 7 heteroatoms. The van der Waals surface area contributed by atoms with Gasteiger partial charge in [-0.05, 0) is 31.4 Å². The molecule has 0 saturated carbocycles. The van der Waals surface area contributed by atoms with Crippen molar-refractivity contribution in [2.75, 3.05) is 11.5 Å². The lowest BCUT2D eigenvalue weighted by Crippen LogP contribution is -2.41. The number of sulfone groups is 1. The van der Waals surface area contributed by atoms with Gasteiger partial charge in [0.2, 0.25) is 0 Å². The van der Waals surface area contributed by atoms with Crippen molar-refractivity contribution < 1.29 is 8.42 Å². The Labute approximate surface area is 121 Å². The van der Waals surface area contributed by atoms with Gasteiger partial charge in [0.15, 0.2) is 9.84 Å². The standard InChI is InChI=1S/C11H15Cl2NO2S2/c1-7(9-5-10(12)17-11(9)13)14-8-3-2-4-18(15,16)6-8/h5,7-8,14H,2-4,6H2,1H3. The van der Waals surface area contributed by atoms with Crippen LogP contribution in [-0.4, -0.2) is 26.0 Å². The van der Waals surface area contributed by atoms with Crippen LogP contribution in [0.4, 0.5) is 0 Å². The molecular formula is C11H15Cl2NO2S2. The Morgan fingerprint density at radius 3 is 2.78 bits per heavy atom. The molecule has 1 fully saturated rings. The highest BCUT2D eigenvalue weighted by Crippen LogP contribution is 2.35. The zero-order valence-corrected chi connectivity index (χ0v) is 13.1. The van der Waals surface area contributed by atoms with Crippen LogP contribution in [-0.2, 0) is 9.84 Å². The molecule has 2 unspecified atom stereocenters. The molecule has 18 heavy (non-hydrogen) atoms. The van der Waals surface area contributed by atoms with E-state index < -0.39 is 9.84 Å². The highest BCUT2D eigenvalue weighted by atomic mass is 35.5. The third-order valence-corrected chi connectivity index (χ3v) is 6.44. The normalized spacial score (nSPS) is 24.9. The summed E-state index contributed by atoms with van der Waals surface area (Å²) in [6.45, 7) is 1.98. The second-order valence-electron chi connectivity index (χ2n) is 4.62. The first-order chi connectivity index (χ1) is 8.37. The quantitative estimate of drug-likeness (QED) is 0.926. The van der Waals surface area contributed by atoms with Crippen molar-refractivity contribution in [3.63, 3.8) is 0 Å². The fourth-order valence-corrected chi connectivity index (χ4v) is 5.54. The third kappa shape index (κ3) is 3.61. The second kappa shape index (κ2) is 5.67. The van der Waals surface area contributed by atoms with Crippen LogP contribution in [0.3, 0.4) is 0 Å². The van der Waals surface area contributed by atoms with Gasteiger partial charge in [-0.25, -0.2) is 8.42 Å². The van der Waals surface area contributed by atoms with E-state index >= 15 is 0 Å². The summed E-state index contributed by atoms with van der Waals surface area (Å²) >= 11 is 13.3. The van der Waals surface area contributed by atoms with Gasteiger partial charge in [0.05, 0.1) is 20.2 Å². The van der Waals surface area contributed by atoms with E-state index in [-0.39, 0.29) is 17.8 Å². The topological polar surface area (TPSA) is 46.2 Å². The van der Waals surface area contributed by atoms with Gasteiger partial charge in [0.1, 0.15) is 0 Å². The Bertz CT molecular complexity index is 527. The predicted molar refractivity (Wildman–Crippen MR) is 77.6 cm³/mol. The van der Waals surface area contributed by atoms with Crippen molar-refractivity contribution in [3.05, 3.63) is 20.3 Å². The SMILES string of the molecule is CC(NC1CCCS(=O)(=O)C1)c1cc(Cl)sc1Cl. The maximum atomic E-state index is 11.6. The predicted octanol–water partition coefficient (Wildman–Crippen LogP) is 3.28. The van der Waals surface area contributed by atoms with Gasteiger partial charge < -0.3 is 5.32 Å². The maximum absolute atomic E-state index is 11.6. The molecule has 2 heterocycles. The van der Waals surface area contributed by atoms with Crippen LogP contribution >= 0.6 is 34.5 Å². The van der Waals surface area contributed by atoms with Crippen molar-refractivity contribution in [3.8, 4) is 0 Å². The van der Waals surface area contributed by atoms with Gasteiger partial charge in [-0.15, -0.1) is 11.3 Å². The molecule has 3 nitrogen and oxygen atoms in total. The smallest absolute Gasteiger partial charge is 0.151 e. The van der Waals surface area contributed by atoms with Gasteiger partial charge >= 0.3 is 0 Å². The average molecular weight is 328 g/mol. The number of halogens is 2. The third-order valence-electron chi connectivity index (χ3n) is 3.10. The molecule has 0 bridgehead atoms. The van der Waals surface area contributed by atoms with E-state index in [4.69, 9.17) is 23.2 Å². The number of hydrogen-bond donors (Lipinski definition) is 1. The van der Waals surface area contributed by atoms with Gasteiger partial charge in [0, 0.05) is 12.1 Å². The first-order valence-electron chi connectivity index (χ1n) is 5.78. The van der Waals surface area contributed by atoms with Gasteiger partial charge in [-0.3, -0.25) is 0 Å². The summed E-state index contributed by atoms with van der Waals surface area (Å²) in [6.07, 6.45) is 1.61. The molecule has 1 aromatic heterocycles. The van der Waals surface area contributed by atoms with E-state index in [1.807, 2.05) is 13.0 Å². The van der Waals surface area contributed by atoms with E-state index in [2.05, 4.69) is 5.32 Å². The second-order valence-corrected chi connectivity index (χ2v) is 9.14. The number of thiophene rings is 1. The van der Waals surface area contributed by atoms with Crippen LogP contribution in [0.15, 0.2) is 6.07 Å². The Morgan fingerprint density at radius 1 is 1.50 bits per heavy atom. The van der Waals surface area contributed by atoms with Crippen LogP contribution < -0.4 is 5.32 Å². The molecule has 0 aliphatic carbocycles. The summed E-state index contributed by atoms with van der Waals surface area (Å²) in [5.41, 5.74) is 0.939. The summed E-state index contributed by atoms with van der Waals surface area (Å²) in [7, 11) is -2.88. The molecule has 0 amide bonds. The number of rotatable bonds is 3. The molecule has 2 atom stereocenters. The fraction of sp³-hybridized carbons (Fsp3) is 0.636. The average Bonchev–Trinajstić information content (AvgIpc) is 2.56. The van der Waals surface area contributed by atoms with Crippen molar-refractivity contribution in [2.24, 2.45) is 0 Å². The molecule has 0 aromatic carbocycles. The summed E-state index contributed by atoms with van der Waals surface area (Å²) < 4.78 is 24.4. The Balaban J connectivity index is 2.03. The Kier molecular flexibility index (Phi) is 4.60. The molecular weight excluding hydrogens is 313 g/mol. The zero-order chi connectivity index (χ0) is 13.3. The van der Waals surface area contributed by atoms with Gasteiger partial charge in [0.25, 0.3) is 0 Å². The van der Waals surface area contributed by atoms with E-state index in [1.54, 1.807) is 0 Å². The van der Waals surface area contributed by atoms with E-state index in [0.717, 1.165) is 18.4 Å². The molecule has 102 valence electrons. The highest BCUT2D eigenvalue weighted by molar-refractivity contribution is 7.91. The maximum Gasteiger partial charge on any atom is 0.151 e. The van der Waals surface area contributed by atoms with Crippen LogP contribution in [0.2, 0.25) is 8.67 Å². The molecule has 1 N–H and O–H groups in total. The van der Waals surface area contributed by atoms with Crippen LogP contribution in [0.1, 0.15) is 31.4 Å². The van der Waals surface area contributed by atoms with E-state index in [1.165, 1.54) is 11.3 Å². The first-order valence-corrected chi connectivity index (χ1v) is 9.18. The molecule has 0 radical (unpaired) electrons. The van der Waals surface area contributed by atoms with Gasteiger partial charge in [-0.2, -0.15) is 0 Å². The van der Waals surface area contributed by atoms with Gasteiger partial charge in [-0.1, -0.05) is 23.2 Å². The van der Waals surface area contributed by atoms with Crippen LogP contribution in [0.25, 0.3) is 0 Å². The number of nitrogens with one attached hydrogen (secondary N) is 1. The summed E-state index contributed by atoms with van der Waals surface area (Å²) in [4.78, 5) is 0. The van der Waals surface area contributed by atoms with Crippen LogP contribution in [0, 0.1) is 0 Å². The minimum atomic E-state index is -2.88. The zero-order valence-electron chi connectivity index (χ0n) is 9.95. The number of hydrogen-bond acceptors (Lipinski definition) is 4. The summed E-state index contributed by atoms with van der Waals surface area (Å²) in [5.74, 6) is 0.525. The van der Waals surface area contributed by atoms with E-state index in [0.29, 0.717) is 14.4 Å². The molecule has 1 saturated heterocycles. The van der Waals surface area contributed by atoms with E-state index in [9.17, 15) is 8.42 Å². The lowest BCUT2D eigenvalue weighted by molar-refractivity contribution is 0.438. The van der Waals surface area contributed by atoms with Crippen molar-refractivity contribution in [1.82, 2.24) is 5.32 Å². The molecule has 1 aromatic rings. The van der Waals surface area contributed by atoms with Crippen LogP contribution in [0.5, 0.6) is 0 Å². The highest BCUT2D eigenvalue weighted by Gasteiger charge is 2.26. The van der Waals surface area contributed by atoms with Crippen molar-refractivity contribution in [1.29, 1.82) is 0 Å². The molecule has 2 rings (SSSR count). The van der Waals surface area contributed by atoms with Crippen molar-refractivity contribution >= 4 is 44.4 Å². The molecule has 1 aliphatic rings. The minimum Gasteiger partial charge on any atom is -0.306 e. The lowest BCUT2D eigenvalue weighted by Gasteiger charge is -2.26. The summed E-state index contributed by atoms with van der Waals surface area (Å²) in [6, 6.07) is 1.86. The minimum absolute atomic E-state index is 0.00786. The fourth-order valence-electron chi connectivity index (χ4n) is 2.25. The first kappa shape index (κ1) is 14.6. The Morgan fingerprint density at radius 2 is 2.22 bits per heavy atom. The lowest BCUT2D eigenvalue weighted by atomic mass is 10.1. The molecule has 1 aliphatic heterocycles. The monoisotopic (exact) mass is 327 g/mol. The molecule has 0 spiro atoms. The Hall–Kier alpha value is 0.190. The largest absolute Gasteiger partial charge is 0.306 e. The summed E-state index contributed by atoms with van der Waals surface area (Å²) in [5, 5.41) is 3.33. The van der Waals surface area contributed by atoms with Crippen molar-refractivity contribution in [2.45, 2.75) is 31.8 Å².